The van der Waals surface area contributed by atoms with Crippen molar-refractivity contribution in [1.82, 2.24) is 25.5 Å². The van der Waals surface area contributed by atoms with Gasteiger partial charge in [-0.2, -0.15) is 4.80 Å². The number of hydrogen-bond acceptors (Lipinski definition) is 7. The SMILES string of the molecule is COc1cccc(N(C(=O)Cn2nnc(-c3ccccc3)n2)[C@H](C(=O)NC2CCCCC2)c2ccco2)c1. The first kappa shape index (κ1) is 25.2. The third-order valence-electron chi connectivity index (χ3n) is 6.63. The number of rotatable bonds is 9. The number of anilines is 1. The Morgan fingerprint density at radius 3 is 2.63 bits per heavy atom. The molecule has 1 atom stereocenters. The summed E-state index contributed by atoms with van der Waals surface area (Å²) in [5.41, 5.74) is 1.27. The molecule has 1 N–H and O–H groups in total. The van der Waals surface area contributed by atoms with Crippen LogP contribution in [0.3, 0.4) is 0 Å². The van der Waals surface area contributed by atoms with Crippen LogP contribution in [0.25, 0.3) is 11.4 Å². The maximum Gasteiger partial charge on any atom is 0.251 e. The van der Waals surface area contributed by atoms with E-state index in [9.17, 15) is 9.59 Å². The Morgan fingerprint density at radius 1 is 1.08 bits per heavy atom. The summed E-state index contributed by atoms with van der Waals surface area (Å²) >= 11 is 0. The second kappa shape index (κ2) is 11.7. The molecule has 1 aliphatic rings. The van der Waals surface area contributed by atoms with Gasteiger partial charge in [0.25, 0.3) is 11.8 Å². The molecular weight excluding hydrogens is 484 g/mol. The highest BCUT2D eigenvalue weighted by Crippen LogP contribution is 2.31. The van der Waals surface area contributed by atoms with Gasteiger partial charge in [-0.15, -0.1) is 10.2 Å². The van der Waals surface area contributed by atoms with E-state index in [0.29, 0.717) is 23.0 Å². The number of tetrazole rings is 1. The lowest BCUT2D eigenvalue weighted by molar-refractivity contribution is -0.128. The molecule has 10 heteroatoms. The van der Waals surface area contributed by atoms with Crippen LogP contribution >= 0.6 is 0 Å². The zero-order valence-electron chi connectivity index (χ0n) is 21.2. The highest BCUT2D eigenvalue weighted by molar-refractivity contribution is 6.01. The van der Waals surface area contributed by atoms with Gasteiger partial charge in [-0.1, -0.05) is 55.7 Å². The first-order valence-electron chi connectivity index (χ1n) is 12.8. The average molecular weight is 515 g/mol. The Morgan fingerprint density at radius 2 is 1.89 bits per heavy atom. The minimum Gasteiger partial charge on any atom is -0.497 e. The maximum atomic E-state index is 13.9. The van der Waals surface area contributed by atoms with Crippen LogP contribution in [0.5, 0.6) is 5.75 Å². The van der Waals surface area contributed by atoms with Crippen molar-refractivity contribution in [3.63, 3.8) is 0 Å². The molecule has 0 saturated heterocycles. The van der Waals surface area contributed by atoms with Crippen molar-refractivity contribution in [2.75, 3.05) is 12.0 Å². The summed E-state index contributed by atoms with van der Waals surface area (Å²) in [6.07, 6.45) is 6.62. The molecule has 2 amide bonds. The Bertz CT molecular complexity index is 1350. The van der Waals surface area contributed by atoms with Gasteiger partial charge in [0.15, 0.2) is 6.04 Å². The monoisotopic (exact) mass is 514 g/mol. The Labute approximate surface area is 220 Å². The normalized spacial score (nSPS) is 14.6. The minimum atomic E-state index is -1.04. The number of nitrogens with one attached hydrogen (secondary N) is 1. The van der Waals surface area contributed by atoms with Gasteiger partial charge in [-0.3, -0.25) is 14.5 Å². The van der Waals surface area contributed by atoms with Crippen LogP contribution in [0.15, 0.2) is 77.4 Å². The van der Waals surface area contributed by atoms with Crippen LogP contribution in [0.2, 0.25) is 0 Å². The van der Waals surface area contributed by atoms with Crippen LogP contribution in [0.4, 0.5) is 5.69 Å². The van der Waals surface area contributed by atoms with Crippen LogP contribution in [-0.4, -0.2) is 45.2 Å². The molecule has 10 nitrogen and oxygen atoms in total. The molecule has 2 aromatic heterocycles. The van der Waals surface area contributed by atoms with Crippen LogP contribution in [-0.2, 0) is 16.1 Å². The van der Waals surface area contributed by atoms with Crippen molar-refractivity contribution in [1.29, 1.82) is 0 Å². The van der Waals surface area contributed by atoms with Crippen molar-refractivity contribution >= 4 is 17.5 Å². The Hall–Kier alpha value is -4.47. The highest BCUT2D eigenvalue weighted by atomic mass is 16.5. The molecule has 0 spiro atoms. The van der Waals surface area contributed by atoms with E-state index in [-0.39, 0.29) is 18.5 Å². The number of methoxy groups -OCH3 is 1. The van der Waals surface area contributed by atoms with Crippen LogP contribution in [0.1, 0.15) is 43.9 Å². The first-order valence-corrected chi connectivity index (χ1v) is 12.8. The summed E-state index contributed by atoms with van der Waals surface area (Å²) in [5.74, 6) is 0.599. The standard InChI is InChI=1S/C28H30N6O4/c1-37-23-15-8-14-22(18-23)34(25(35)19-33-31-27(30-32-33)20-10-4-2-5-11-20)26(24-16-9-17-38-24)28(36)29-21-12-6-3-7-13-21/h2,4-5,8-11,14-18,21,26H,3,6-7,12-13,19H2,1H3,(H,29,36)/t26-/m0/s1. The van der Waals surface area contributed by atoms with E-state index >= 15 is 0 Å². The lowest BCUT2D eigenvalue weighted by Crippen LogP contribution is -2.48. The molecule has 1 aliphatic carbocycles. The predicted molar refractivity (Wildman–Crippen MR) is 140 cm³/mol. The summed E-state index contributed by atoms with van der Waals surface area (Å²) in [4.78, 5) is 30.4. The predicted octanol–water partition coefficient (Wildman–Crippen LogP) is 4.17. The number of carbonyl (C=O) groups is 2. The third kappa shape index (κ3) is 5.74. The molecule has 1 saturated carbocycles. The third-order valence-corrected chi connectivity index (χ3v) is 6.63. The van der Waals surface area contributed by atoms with Gasteiger partial charge < -0.3 is 14.5 Å². The zero-order chi connectivity index (χ0) is 26.3. The van der Waals surface area contributed by atoms with Gasteiger partial charge in [0.2, 0.25) is 5.82 Å². The fraction of sp³-hybridized carbons (Fsp3) is 0.321. The van der Waals surface area contributed by atoms with Gasteiger partial charge in [0, 0.05) is 23.4 Å². The maximum absolute atomic E-state index is 13.9. The van der Waals surface area contributed by atoms with E-state index in [1.54, 1.807) is 43.5 Å². The van der Waals surface area contributed by atoms with E-state index in [1.165, 1.54) is 16.0 Å². The lowest BCUT2D eigenvalue weighted by Gasteiger charge is -2.32. The largest absolute Gasteiger partial charge is 0.497 e. The van der Waals surface area contributed by atoms with Gasteiger partial charge in [-0.05, 0) is 42.3 Å². The topological polar surface area (TPSA) is 115 Å². The summed E-state index contributed by atoms with van der Waals surface area (Å²) in [7, 11) is 1.55. The summed E-state index contributed by atoms with van der Waals surface area (Å²) in [6, 6.07) is 18.8. The Balaban J connectivity index is 1.48. The van der Waals surface area contributed by atoms with E-state index in [2.05, 4.69) is 20.7 Å². The van der Waals surface area contributed by atoms with Gasteiger partial charge in [0.05, 0.1) is 13.4 Å². The smallest absolute Gasteiger partial charge is 0.251 e. The fourth-order valence-corrected chi connectivity index (χ4v) is 4.76. The van der Waals surface area contributed by atoms with Crippen molar-refractivity contribution in [2.24, 2.45) is 0 Å². The van der Waals surface area contributed by atoms with Crippen molar-refractivity contribution < 1.29 is 18.7 Å². The number of furan rings is 1. The van der Waals surface area contributed by atoms with Crippen molar-refractivity contribution in [2.45, 2.75) is 50.7 Å². The highest BCUT2D eigenvalue weighted by Gasteiger charge is 2.36. The second-order valence-electron chi connectivity index (χ2n) is 9.24. The number of hydrogen-bond donors (Lipinski definition) is 1. The van der Waals surface area contributed by atoms with E-state index in [4.69, 9.17) is 9.15 Å². The van der Waals surface area contributed by atoms with E-state index < -0.39 is 11.9 Å². The average Bonchev–Trinajstić information content (AvgIpc) is 3.65. The molecule has 196 valence electrons. The molecule has 5 rings (SSSR count). The second-order valence-corrected chi connectivity index (χ2v) is 9.24. The lowest BCUT2D eigenvalue weighted by atomic mass is 9.95. The fourth-order valence-electron chi connectivity index (χ4n) is 4.76. The van der Waals surface area contributed by atoms with Gasteiger partial charge in [-0.25, -0.2) is 0 Å². The zero-order valence-corrected chi connectivity index (χ0v) is 21.2. The van der Waals surface area contributed by atoms with E-state index in [0.717, 1.165) is 37.7 Å². The summed E-state index contributed by atoms with van der Waals surface area (Å²) < 4.78 is 11.1. The van der Waals surface area contributed by atoms with E-state index in [1.807, 2.05) is 30.3 Å². The molecule has 2 aromatic carbocycles. The molecule has 1 fully saturated rings. The molecule has 0 aliphatic heterocycles. The molecule has 4 aromatic rings. The molecular formula is C28H30N6O4. The van der Waals surface area contributed by atoms with Crippen molar-refractivity contribution in [3.8, 4) is 17.1 Å². The summed E-state index contributed by atoms with van der Waals surface area (Å²) in [5, 5.41) is 15.7. The number of carbonyl (C=O) groups excluding carboxylic acids is 2. The summed E-state index contributed by atoms with van der Waals surface area (Å²) in [6.45, 7) is -0.231. The number of benzene rings is 2. The van der Waals surface area contributed by atoms with Gasteiger partial charge in [0.1, 0.15) is 18.1 Å². The number of nitrogens with zero attached hydrogens (tertiary/aromatic N) is 5. The number of aromatic nitrogens is 4. The number of ether oxygens (including phenoxy) is 1. The van der Waals surface area contributed by atoms with Gasteiger partial charge >= 0.3 is 0 Å². The minimum absolute atomic E-state index is 0.0568. The van der Waals surface area contributed by atoms with Crippen LogP contribution in [0, 0.1) is 0 Å². The molecule has 0 unspecified atom stereocenters. The molecule has 2 heterocycles. The molecule has 38 heavy (non-hydrogen) atoms. The van der Waals surface area contributed by atoms with Crippen LogP contribution < -0.4 is 15.0 Å². The molecule has 0 bridgehead atoms. The quantitative estimate of drug-likeness (QED) is 0.356. The van der Waals surface area contributed by atoms with Crippen molar-refractivity contribution in [3.05, 3.63) is 78.8 Å². The molecule has 0 radical (unpaired) electrons. The number of amides is 2. The Kier molecular flexibility index (Phi) is 7.77. The first-order chi connectivity index (χ1) is 18.6.